The van der Waals surface area contributed by atoms with Crippen LogP contribution in [0.1, 0.15) is 18.5 Å². The summed E-state index contributed by atoms with van der Waals surface area (Å²) >= 11 is 2.04. The van der Waals surface area contributed by atoms with Crippen LogP contribution in [0.5, 0.6) is 5.75 Å². The third-order valence-corrected chi connectivity index (χ3v) is 3.78. The Labute approximate surface area is 134 Å². The van der Waals surface area contributed by atoms with Crippen molar-refractivity contribution in [1.82, 2.24) is 0 Å². The van der Waals surface area contributed by atoms with Gasteiger partial charge in [-0.3, -0.25) is 0 Å². The van der Waals surface area contributed by atoms with Crippen molar-refractivity contribution in [2.75, 3.05) is 5.32 Å². The number of hydrogen-bond acceptors (Lipinski definition) is 2. The molecule has 0 amide bonds. The van der Waals surface area contributed by atoms with Crippen LogP contribution in [0.25, 0.3) is 0 Å². The largest absolute Gasteiger partial charge is 0.435 e. The lowest BCUT2D eigenvalue weighted by molar-refractivity contribution is -0.0498. The highest BCUT2D eigenvalue weighted by Gasteiger charge is 2.10. The molecule has 21 heavy (non-hydrogen) atoms. The third kappa shape index (κ3) is 4.52. The van der Waals surface area contributed by atoms with Crippen LogP contribution in [0, 0.1) is 9.39 Å². The molecule has 0 spiro atoms. The molecular formula is C15H13F3INO. The van der Waals surface area contributed by atoms with Gasteiger partial charge in [0.2, 0.25) is 0 Å². The van der Waals surface area contributed by atoms with E-state index in [1.165, 1.54) is 18.2 Å². The predicted molar refractivity (Wildman–Crippen MR) is 84.2 cm³/mol. The molecule has 2 nitrogen and oxygen atoms in total. The SMILES string of the molecule is CC(Nc1ccc(F)cc1I)c1cccc(OC(F)F)c1. The Hall–Kier alpha value is -1.44. The van der Waals surface area contributed by atoms with Crippen LogP contribution in [-0.4, -0.2) is 6.61 Å². The van der Waals surface area contributed by atoms with Crippen molar-refractivity contribution < 1.29 is 17.9 Å². The number of benzene rings is 2. The van der Waals surface area contributed by atoms with E-state index in [1.807, 2.05) is 35.6 Å². The van der Waals surface area contributed by atoms with Crippen LogP contribution in [0.3, 0.4) is 0 Å². The number of ether oxygens (including phenoxy) is 1. The molecule has 0 fully saturated rings. The van der Waals surface area contributed by atoms with Crippen molar-refractivity contribution in [3.8, 4) is 5.75 Å². The highest BCUT2D eigenvalue weighted by Crippen LogP contribution is 2.26. The molecular weight excluding hydrogens is 394 g/mol. The van der Waals surface area contributed by atoms with E-state index in [2.05, 4.69) is 10.1 Å². The summed E-state index contributed by atoms with van der Waals surface area (Å²) in [6.07, 6.45) is 0. The van der Waals surface area contributed by atoms with Gasteiger partial charge in [-0.15, -0.1) is 0 Å². The zero-order valence-corrected chi connectivity index (χ0v) is 13.3. The van der Waals surface area contributed by atoms with Gasteiger partial charge >= 0.3 is 6.61 Å². The molecule has 6 heteroatoms. The minimum Gasteiger partial charge on any atom is -0.435 e. The quantitative estimate of drug-likeness (QED) is 0.688. The average molecular weight is 407 g/mol. The van der Waals surface area contributed by atoms with E-state index in [4.69, 9.17) is 0 Å². The smallest absolute Gasteiger partial charge is 0.387 e. The van der Waals surface area contributed by atoms with E-state index >= 15 is 0 Å². The molecule has 2 rings (SSSR count). The molecule has 0 saturated carbocycles. The summed E-state index contributed by atoms with van der Waals surface area (Å²) < 4.78 is 42.6. The molecule has 0 bridgehead atoms. The highest BCUT2D eigenvalue weighted by atomic mass is 127. The number of hydrogen-bond donors (Lipinski definition) is 1. The van der Waals surface area contributed by atoms with Crippen LogP contribution in [0.4, 0.5) is 18.9 Å². The molecule has 1 atom stereocenters. The summed E-state index contributed by atoms with van der Waals surface area (Å²) in [5, 5.41) is 3.22. The van der Waals surface area contributed by atoms with Gasteiger partial charge in [-0.1, -0.05) is 12.1 Å². The zero-order valence-electron chi connectivity index (χ0n) is 11.1. The van der Waals surface area contributed by atoms with E-state index < -0.39 is 6.61 Å². The summed E-state index contributed by atoms with van der Waals surface area (Å²) in [6, 6.07) is 10.8. The Kier molecular flexibility index (Phi) is 5.33. The van der Waals surface area contributed by atoms with Crippen LogP contribution < -0.4 is 10.1 Å². The van der Waals surface area contributed by atoms with Crippen molar-refractivity contribution >= 4 is 28.3 Å². The van der Waals surface area contributed by atoms with Gasteiger partial charge in [0.25, 0.3) is 0 Å². The fourth-order valence-corrected chi connectivity index (χ4v) is 2.52. The highest BCUT2D eigenvalue weighted by molar-refractivity contribution is 14.1. The van der Waals surface area contributed by atoms with Gasteiger partial charge in [-0.2, -0.15) is 8.78 Å². The first-order chi connectivity index (χ1) is 9.95. The summed E-state index contributed by atoms with van der Waals surface area (Å²) in [5.41, 5.74) is 1.58. The Balaban J connectivity index is 2.14. The van der Waals surface area contributed by atoms with Gasteiger partial charge in [0.15, 0.2) is 0 Å². The van der Waals surface area contributed by atoms with E-state index in [-0.39, 0.29) is 17.6 Å². The normalized spacial score (nSPS) is 12.3. The van der Waals surface area contributed by atoms with Crippen molar-refractivity contribution in [3.05, 3.63) is 57.4 Å². The predicted octanol–water partition coefficient (Wildman–Crippen LogP) is 5.20. The van der Waals surface area contributed by atoms with Crippen molar-refractivity contribution in [1.29, 1.82) is 0 Å². The second-order valence-electron chi connectivity index (χ2n) is 4.44. The fourth-order valence-electron chi connectivity index (χ4n) is 1.88. The molecule has 1 unspecified atom stereocenters. The molecule has 112 valence electrons. The lowest BCUT2D eigenvalue weighted by Gasteiger charge is -2.17. The number of anilines is 1. The number of halogens is 4. The molecule has 1 N–H and O–H groups in total. The summed E-state index contributed by atoms with van der Waals surface area (Å²) in [5.74, 6) is -0.185. The van der Waals surface area contributed by atoms with Crippen molar-refractivity contribution in [2.45, 2.75) is 19.6 Å². The Bertz CT molecular complexity index is 622. The van der Waals surface area contributed by atoms with Gasteiger partial charge in [0.05, 0.1) is 0 Å². The fraction of sp³-hybridized carbons (Fsp3) is 0.200. The number of rotatable bonds is 5. The minimum absolute atomic E-state index is 0.116. The molecule has 2 aromatic rings. The van der Waals surface area contributed by atoms with Crippen molar-refractivity contribution in [2.24, 2.45) is 0 Å². The van der Waals surface area contributed by atoms with Crippen LogP contribution in [-0.2, 0) is 0 Å². The maximum atomic E-state index is 13.1. The van der Waals surface area contributed by atoms with Gasteiger partial charge in [0.1, 0.15) is 11.6 Å². The first-order valence-corrected chi connectivity index (χ1v) is 7.30. The van der Waals surface area contributed by atoms with Crippen LogP contribution in [0.2, 0.25) is 0 Å². The van der Waals surface area contributed by atoms with E-state index in [0.717, 1.165) is 14.8 Å². The van der Waals surface area contributed by atoms with E-state index in [0.29, 0.717) is 0 Å². The third-order valence-electron chi connectivity index (χ3n) is 2.89. The Morgan fingerprint density at radius 1 is 1.14 bits per heavy atom. The van der Waals surface area contributed by atoms with E-state index in [1.54, 1.807) is 18.2 Å². The van der Waals surface area contributed by atoms with Gasteiger partial charge in [0, 0.05) is 15.3 Å². The second kappa shape index (κ2) is 7.02. The number of alkyl halides is 2. The standard InChI is InChI=1S/C15H13F3INO/c1-9(20-14-6-5-11(16)8-13(14)19)10-3-2-4-12(7-10)21-15(17)18/h2-9,15,20H,1H3. The molecule has 0 radical (unpaired) electrons. The summed E-state index contributed by atoms with van der Waals surface area (Å²) in [7, 11) is 0. The maximum absolute atomic E-state index is 13.1. The minimum atomic E-state index is -2.85. The van der Waals surface area contributed by atoms with E-state index in [9.17, 15) is 13.2 Å². The second-order valence-corrected chi connectivity index (χ2v) is 5.60. The van der Waals surface area contributed by atoms with Gasteiger partial charge < -0.3 is 10.1 Å². The maximum Gasteiger partial charge on any atom is 0.387 e. The first-order valence-electron chi connectivity index (χ1n) is 6.22. The average Bonchev–Trinajstić information content (AvgIpc) is 2.41. The summed E-state index contributed by atoms with van der Waals surface area (Å²) in [6.45, 7) is -0.956. The van der Waals surface area contributed by atoms with Crippen molar-refractivity contribution in [3.63, 3.8) is 0 Å². The molecule has 0 saturated heterocycles. The molecule has 0 aliphatic carbocycles. The molecule has 0 aliphatic rings. The van der Waals surface area contributed by atoms with Crippen LogP contribution >= 0.6 is 22.6 Å². The first kappa shape index (κ1) is 15.9. The molecule has 0 aromatic heterocycles. The Morgan fingerprint density at radius 2 is 1.90 bits per heavy atom. The Morgan fingerprint density at radius 3 is 2.57 bits per heavy atom. The van der Waals surface area contributed by atoms with Gasteiger partial charge in [-0.05, 0) is 65.4 Å². The summed E-state index contributed by atoms with van der Waals surface area (Å²) in [4.78, 5) is 0. The molecule has 2 aromatic carbocycles. The molecule has 0 heterocycles. The molecule has 0 aliphatic heterocycles. The lowest BCUT2D eigenvalue weighted by Crippen LogP contribution is -2.09. The topological polar surface area (TPSA) is 21.3 Å². The monoisotopic (exact) mass is 407 g/mol. The zero-order chi connectivity index (χ0) is 15.4. The lowest BCUT2D eigenvalue weighted by atomic mass is 10.1. The number of nitrogens with one attached hydrogen (secondary N) is 1. The van der Waals surface area contributed by atoms with Gasteiger partial charge in [-0.25, -0.2) is 4.39 Å². The van der Waals surface area contributed by atoms with Crippen LogP contribution in [0.15, 0.2) is 42.5 Å².